The van der Waals surface area contributed by atoms with Gasteiger partial charge in [-0.2, -0.15) is 5.10 Å². The molecule has 7 nitrogen and oxygen atoms in total. The molecule has 1 heterocycles. The van der Waals surface area contributed by atoms with Crippen molar-refractivity contribution in [3.63, 3.8) is 0 Å². The minimum Gasteiger partial charge on any atom is -0.451 e. The van der Waals surface area contributed by atoms with Gasteiger partial charge in [0, 0.05) is 16.9 Å². The first-order valence-electron chi connectivity index (χ1n) is 7.75. The molecule has 0 spiro atoms. The van der Waals surface area contributed by atoms with Crippen molar-refractivity contribution in [1.82, 2.24) is 9.78 Å². The van der Waals surface area contributed by atoms with E-state index in [1.807, 2.05) is 0 Å². The Morgan fingerprint density at radius 1 is 1.22 bits per heavy atom. The summed E-state index contributed by atoms with van der Waals surface area (Å²) in [5.41, 5.74) is 0.0264. The van der Waals surface area contributed by atoms with Crippen LogP contribution >= 0.6 is 27.5 Å². The van der Waals surface area contributed by atoms with E-state index in [9.17, 15) is 14.4 Å². The number of ether oxygens (including phenoxy) is 1. The van der Waals surface area contributed by atoms with E-state index in [2.05, 4.69) is 26.3 Å². The molecule has 0 atom stereocenters. The van der Waals surface area contributed by atoms with Gasteiger partial charge in [0.15, 0.2) is 12.3 Å². The van der Waals surface area contributed by atoms with Gasteiger partial charge in [0.2, 0.25) is 0 Å². The third-order valence-electron chi connectivity index (χ3n) is 3.69. The van der Waals surface area contributed by atoms with Crippen LogP contribution in [0.5, 0.6) is 0 Å². The second-order valence-corrected chi connectivity index (χ2v) is 6.89. The Labute approximate surface area is 167 Å². The lowest BCUT2D eigenvalue weighted by atomic mass is 10.1. The Hall–Kier alpha value is -2.71. The largest absolute Gasteiger partial charge is 0.451 e. The number of nitrogens with one attached hydrogen (secondary N) is 1. The maximum absolute atomic E-state index is 12.4. The fourth-order valence-corrected chi connectivity index (χ4v) is 3.15. The summed E-state index contributed by atoms with van der Waals surface area (Å²) in [7, 11) is 1.44. The lowest BCUT2D eigenvalue weighted by Gasteiger charge is -2.10. The average molecular weight is 451 g/mol. The highest BCUT2D eigenvalue weighted by atomic mass is 79.9. The molecule has 1 N–H and O–H groups in total. The van der Waals surface area contributed by atoms with Crippen LogP contribution in [0, 0.1) is 0 Å². The number of benzene rings is 2. The molecule has 9 heteroatoms. The second kappa shape index (κ2) is 7.89. The van der Waals surface area contributed by atoms with Gasteiger partial charge < -0.3 is 10.1 Å². The molecule has 0 saturated carbocycles. The van der Waals surface area contributed by atoms with Crippen LogP contribution in [0.3, 0.4) is 0 Å². The molecule has 3 aromatic rings. The van der Waals surface area contributed by atoms with E-state index >= 15 is 0 Å². The number of fused-ring (bicyclic) bond motifs is 1. The van der Waals surface area contributed by atoms with Crippen LogP contribution in [0.15, 0.2) is 51.7 Å². The van der Waals surface area contributed by atoms with Crippen LogP contribution in [-0.2, 0) is 16.6 Å². The Kier molecular flexibility index (Phi) is 5.57. The molecular weight excluding hydrogens is 438 g/mol. The van der Waals surface area contributed by atoms with Crippen LogP contribution < -0.4 is 10.9 Å². The monoisotopic (exact) mass is 449 g/mol. The molecule has 3 rings (SSSR count). The molecular formula is C18H13BrClN3O4. The standard InChI is InChI=1S/C18H13BrClN3O4/c1-23-17(25)12-5-3-2-4-11(12)16(22-23)18(26)27-9-15(24)21-14-7-6-10(19)8-13(14)20/h2-8H,9H2,1H3,(H,21,24). The van der Waals surface area contributed by atoms with Crippen LogP contribution in [-0.4, -0.2) is 28.3 Å². The second-order valence-electron chi connectivity index (χ2n) is 5.57. The lowest BCUT2D eigenvalue weighted by molar-refractivity contribution is -0.119. The van der Waals surface area contributed by atoms with Gasteiger partial charge in [-0.05, 0) is 24.3 Å². The first kappa shape index (κ1) is 19.1. The predicted molar refractivity (Wildman–Crippen MR) is 105 cm³/mol. The molecule has 0 fully saturated rings. The number of carbonyl (C=O) groups excluding carboxylic acids is 2. The highest BCUT2D eigenvalue weighted by Gasteiger charge is 2.18. The van der Waals surface area contributed by atoms with Gasteiger partial charge in [-0.25, -0.2) is 9.48 Å². The Bertz CT molecular complexity index is 1110. The fraction of sp³-hybridized carbons (Fsp3) is 0.111. The van der Waals surface area contributed by atoms with Crippen molar-refractivity contribution in [2.75, 3.05) is 11.9 Å². The van der Waals surface area contributed by atoms with Crippen molar-refractivity contribution in [2.45, 2.75) is 0 Å². The zero-order valence-electron chi connectivity index (χ0n) is 14.0. The maximum Gasteiger partial charge on any atom is 0.359 e. The van der Waals surface area contributed by atoms with E-state index in [0.29, 0.717) is 21.5 Å². The summed E-state index contributed by atoms with van der Waals surface area (Å²) in [5, 5.41) is 7.56. The zero-order valence-corrected chi connectivity index (χ0v) is 16.4. The van der Waals surface area contributed by atoms with E-state index in [1.54, 1.807) is 42.5 Å². The number of nitrogens with zero attached hydrogens (tertiary/aromatic N) is 2. The summed E-state index contributed by atoms with van der Waals surface area (Å²) in [6.07, 6.45) is 0. The van der Waals surface area contributed by atoms with Crippen LogP contribution in [0.2, 0.25) is 5.02 Å². The summed E-state index contributed by atoms with van der Waals surface area (Å²) in [5.74, 6) is -1.36. The molecule has 1 amide bonds. The number of hydrogen-bond acceptors (Lipinski definition) is 5. The topological polar surface area (TPSA) is 90.3 Å². The summed E-state index contributed by atoms with van der Waals surface area (Å²) < 4.78 is 6.87. The molecule has 0 aliphatic heterocycles. The number of esters is 1. The average Bonchev–Trinajstić information content (AvgIpc) is 2.65. The first-order chi connectivity index (χ1) is 12.9. The van der Waals surface area contributed by atoms with Crippen molar-refractivity contribution < 1.29 is 14.3 Å². The minimum atomic E-state index is -0.807. The highest BCUT2D eigenvalue weighted by molar-refractivity contribution is 9.10. The molecule has 138 valence electrons. The smallest absolute Gasteiger partial charge is 0.359 e. The Morgan fingerprint density at radius 2 is 1.93 bits per heavy atom. The van der Waals surface area contributed by atoms with Crippen molar-refractivity contribution in [2.24, 2.45) is 7.05 Å². The molecule has 0 aliphatic carbocycles. The van der Waals surface area contributed by atoms with Crippen LogP contribution in [0.4, 0.5) is 5.69 Å². The van der Waals surface area contributed by atoms with E-state index in [1.165, 1.54) is 7.05 Å². The van der Waals surface area contributed by atoms with Gasteiger partial charge in [-0.3, -0.25) is 9.59 Å². The van der Waals surface area contributed by atoms with Gasteiger partial charge in [0.05, 0.1) is 16.1 Å². The van der Waals surface area contributed by atoms with Gasteiger partial charge >= 0.3 is 5.97 Å². The third-order valence-corrected chi connectivity index (χ3v) is 4.50. The van der Waals surface area contributed by atoms with E-state index in [0.717, 1.165) is 9.15 Å². The zero-order chi connectivity index (χ0) is 19.6. The number of anilines is 1. The SMILES string of the molecule is Cn1nc(C(=O)OCC(=O)Nc2ccc(Br)cc2Cl)c2ccccc2c1=O. The minimum absolute atomic E-state index is 0.0397. The summed E-state index contributed by atoms with van der Waals surface area (Å²) in [6.45, 7) is -0.524. The van der Waals surface area contributed by atoms with Crippen LogP contribution in [0.25, 0.3) is 10.8 Å². The van der Waals surface area contributed by atoms with Crippen molar-refractivity contribution in [1.29, 1.82) is 0 Å². The fourth-order valence-electron chi connectivity index (χ4n) is 2.43. The van der Waals surface area contributed by atoms with E-state index < -0.39 is 18.5 Å². The molecule has 2 aromatic carbocycles. The quantitative estimate of drug-likeness (QED) is 0.617. The molecule has 0 radical (unpaired) electrons. The van der Waals surface area contributed by atoms with E-state index in [-0.39, 0.29) is 11.3 Å². The maximum atomic E-state index is 12.4. The molecule has 0 aliphatic rings. The van der Waals surface area contributed by atoms with Gasteiger partial charge in [0.1, 0.15) is 0 Å². The molecule has 1 aromatic heterocycles. The summed E-state index contributed by atoms with van der Waals surface area (Å²) >= 11 is 9.31. The van der Waals surface area contributed by atoms with Crippen LogP contribution in [0.1, 0.15) is 10.5 Å². The summed E-state index contributed by atoms with van der Waals surface area (Å²) in [4.78, 5) is 36.5. The van der Waals surface area contributed by atoms with Crippen molar-refractivity contribution in [3.8, 4) is 0 Å². The van der Waals surface area contributed by atoms with Gasteiger partial charge in [0.25, 0.3) is 11.5 Å². The number of aromatic nitrogens is 2. The number of halogens is 2. The lowest BCUT2D eigenvalue weighted by Crippen LogP contribution is -2.26. The molecule has 0 saturated heterocycles. The predicted octanol–water partition coefficient (Wildman–Crippen LogP) is 3.14. The number of hydrogen-bond donors (Lipinski definition) is 1. The summed E-state index contributed by atoms with van der Waals surface area (Å²) in [6, 6.07) is 11.5. The number of rotatable bonds is 4. The first-order valence-corrected chi connectivity index (χ1v) is 8.92. The Balaban J connectivity index is 1.75. The van der Waals surface area contributed by atoms with Gasteiger partial charge in [-0.1, -0.05) is 45.7 Å². The van der Waals surface area contributed by atoms with Gasteiger partial charge in [-0.15, -0.1) is 0 Å². The molecule has 27 heavy (non-hydrogen) atoms. The number of carbonyl (C=O) groups is 2. The Morgan fingerprint density at radius 3 is 2.63 bits per heavy atom. The highest BCUT2D eigenvalue weighted by Crippen LogP contribution is 2.25. The van der Waals surface area contributed by atoms with E-state index in [4.69, 9.17) is 16.3 Å². The molecule has 0 unspecified atom stereocenters. The van der Waals surface area contributed by atoms with Crippen molar-refractivity contribution >= 4 is 55.9 Å². The normalized spacial score (nSPS) is 10.6. The molecule has 0 bridgehead atoms. The third kappa shape index (κ3) is 4.17. The number of aryl methyl sites for hydroxylation is 1. The number of amides is 1. The van der Waals surface area contributed by atoms with Crippen molar-refractivity contribution in [3.05, 3.63) is 68.0 Å².